The van der Waals surface area contributed by atoms with Gasteiger partial charge in [0.1, 0.15) is 5.75 Å². The van der Waals surface area contributed by atoms with Gasteiger partial charge >= 0.3 is 0 Å². The molecule has 2 rings (SSSR count). The molecule has 0 bridgehead atoms. The topological polar surface area (TPSA) is 9.23 Å². The fourth-order valence-corrected chi connectivity index (χ4v) is 2.16. The lowest BCUT2D eigenvalue weighted by atomic mass is 10.1. The van der Waals surface area contributed by atoms with E-state index in [1.54, 1.807) is 0 Å². The summed E-state index contributed by atoms with van der Waals surface area (Å²) in [6.07, 6.45) is 9.56. The van der Waals surface area contributed by atoms with Gasteiger partial charge in [-0.2, -0.15) is 0 Å². The zero-order valence-electron chi connectivity index (χ0n) is 13.5. The van der Waals surface area contributed by atoms with Crippen molar-refractivity contribution in [1.82, 2.24) is 0 Å². The van der Waals surface area contributed by atoms with Crippen LogP contribution in [0, 0.1) is 6.92 Å². The van der Waals surface area contributed by atoms with Crippen LogP contribution in [-0.4, -0.2) is 0 Å². The van der Waals surface area contributed by atoms with Crippen molar-refractivity contribution in [3.8, 4) is 5.75 Å². The fourth-order valence-electron chi connectivity index (χ4n) is 2.16. The summed E-state index contributed by atoms with van der Waals surface area (Å²) in [6, 6.07) is 18.5. The van der Waals surface area contributed by atoms with E-state index >= 15 is 0 Å². The zero-order chi connectivity index (χ0) is 15.6. The smallest absolute Gasteiger partial charge is 0.126 e. The molecule has 0 aromatic heterocycles. The van der Waals surface area contributed by atoms with Gasteiger partial charge in [-0.15, -0.1) is 0 Å². The van der Waals surface area contributed by atoms with E-state index in [-0.39, 0.29) is 0 Å². The van der Waals surface area contributed by atoms with E-state index in [4.69, 9.17) is 4.74 Å². The van der Waals surface area contributed by atoms with Crippen molar-refractivity contribution in [3.63, 3.8) is 0 Å². The first-order valence-corrected chi connectivity index (χ1v) is 7.93. The molecule has 0 aliphatic rings. The summed E-state index contributed by atoms with van der Waals surface area (Å²) >= 11 is 0. The Hall–Kier alpha value is -2.28. The van der Waals surface area contributed by atoms with Crippen LogP contribution in [0.5, 0.6) is 5.75 Å². The Kier molecular flexibility index (Phi) is 6.50. The Balaban J connectivity index is 2.07. The Labute approximate surface area is 134 Å². The molecule has 0 fully saturated rings. The molecular weight excluding hydrogens is 268 g/mol. The fraction of sp³-hybridized carbons (Fsp3) is 0.238. The molecule has 0 amide bonds. The summed E-state index contributed by atoms with van der Waals surface area (Å²) in [5, 5.41) is 0. The molecule has 0 aliphatic carbocycles. The number of allylic oxidation sites excluding steroid dienone is 2. The van der Waals surface area contributed by atoms with Crippen LogP contribution in [0.1, 0.15) is 37.3 Å². The monoisotopic (exact) mass is 292 g/mol. The van der Waals surface area contributed by atoms with Crippen LogP contribution < -0.4 is 4.74 Å². The van der Waals surface area contributed by atoms with Gasteiger partial charge in [0.2, 0.25) is 0 Å². The van der Waals surface area contributed by atoms with Gasteiger partial charge in [-0.3, -0.25) is 0 Å². The van der Waals surface area contributed by atoms with E-state index in [9.17, 15) is 0 Å². The first-order valence-electron chi connectivity index (χ1n) is 7.93. The Bertz CT molecular complexity index is 623. The van der Waals surface area contributed by atoms with Crippen molar-refractivity contribution in [2.45, 2.75) is 33.1 Å². The molecule has 2 aromatic carbocycles. The van der Waals surface area contributed by atoms with E-state index in [0.29, 0.717) is 0 Å². The molecule has 0 aliphatic heterocycles. The van der Waals surface area contributed by atoms with E-state index < -0.39 is 0 Å². The van der Waals surface area contributed by atoms with Crippen LogP contribution in [0.25, 0.3) is 6.08 Å². The van der Waals surface area contributed by atoms with Crippen molar-refractivity contribution >= 4 is 6.08 Å². The Morgan fingerprint density at radius 3 is 2.59 bits per heavy atom. The lowest BCUT2D eigenvalue weighted by Crippen LogP contribution is -1.88. The van der Waals surface area contributed by atoms with Crippen LogP contribution in [0.15, 0.2) is 72.5 Å². The summed E-state index contributed by atoms with van der Waals surface area (Å²) < 4.78 is 5.82. The standard InChI is InChI=1S/C21H24O/c1-3-4-10-20(15-14-19-11-6-5-7-12-19)17-22-21-13-8-9-18(2)16-21/h5-9,11-17H,3-4,10H2,1-2H3/b15-14+,20-17+. The molecule has 114 valence electrons. The minimum atomic E-state index is 0.891. The Morgan fingerprint density at radius 2 is 1.86 bits per heavy atom. The van der Waals surface area contributed by atoms with Gasteiger partial charge in [0, 0.05) is 0 Å². The van der Waals surface area contributed by atoms with Crippen molar-refractivity contribution in [2.24, 2.45) is 0 Å². The highest BCUT2D eigenvalue weighted by Crippen LogP contribution is 2.16. The van der Waals surface area contributed by atoms with Crippen molar-refractivity contribution in [3.05, 3.63) is 83.6 Å². The molecule has 0 spiro atoms. The minimum absolute atomic E-state index is 0.891. The Morgan fingerprint density at radius 1 is 1.05 bits per heavy atom. The van der Waals surface area contributed by atoms with E-state index in [1.807, 2.05) is 24.5 Å². The number of benzene rings is 2. The maximum Gasteiger partial charge on any atom is 0.126 e. The third kappa shape index (κ3) is 5.61. The maximum atomic E-state index is 5.82. The summed E-state index contributed by atoms with van der Waals surface area (Å²) in [4.78, 5) is 0. The number of unbranched alkanes of at least 4 members (excludes halogenated alkanes) is 1. The maximum absolute atomic E-state index is 5.82. The summed E-state index contributed by atoms with van der Waals surface area (Å²) in [7, 11) is 0. The molecule has 0 atom stereocenters. The van der Waals surface area contributed by atoms with Gasteiger partial charge < -0.3 is 4.74 Å². The second-order valence-electron chi connectivity index (χ2n) is 5.47. The number of ether oxygens (including phenoxy) is 1. The van der Waals surface area contributed by atoms with Crippen molar-refractivity contribution in [2.75, 3.05) is 0 Å². The summed E-state index contributed by atoms with van der Waals surface area (Å²) in [5.74, 6) is 0.891. The molecule has 2 aromatic rings. The quantitative estimate of drug-likeness (QED) is 0.438. The predicted molar refractivity (Wildman–Crippen MR) is 94.9 cm³/mol. The molecule has 0 unspecified atom stereocenters. The van der Waals surface area contributed by atoms with E-state index in [2.05, 4.69) is 62.4 Å². The summed E-state index contributed by atoms with van der Waals surface area (Å²) in [5.41, 5.74) is 3.63. The second kappa shape index (κ2) is 8.89. The zero-order valence-corrected chi connectivity index (χ0v) is 13.5. The highest BCUT2D eigenvalue weighted by molar-refractivity contribution is 5.52. The molecule has 1 nitrogen and oxygen atoms in total. The normalized spacial score (nSPS) is 11.8. The lowest BCUT2D eigenvalue weighted by Gasteiger charge is -2.05. The molecule has 0 radical (unpaired) electrons. The van der Waals surface area contributed by atoms with Crippen LogP contribution in [-0.2, 0) is 0 Å². The lowest BCUT2D eigenvalue weighted by molar-refractivity contribution is 0.474. The van der Waals surface area contributed by atoms with Crippen LogP contribution >= 0.6 is 0 Å². The highest BCUT2D eigenvalue weighted by Gasteiger charge is 1.96. The highest BCUT2D eigenvalue weighted by atomic mass is 16.5. The third-order valence-electron chi connectivity index (χ3n) is 3.44. The molecule has 0 saturated carbocycles. The SMILES string of the molecule is CCCCC(/C=C/c1ccccc1)=C\Oc1cccc(C)c1. The second-order valence-corrected chi connectivity index (χ2v) is 5.47. The van der Waals surface area contributed by atoms with Gasteiger partial charge in [-0.1, -0.05) is 68.0 Å². The first kappa shape index (κ1) is 16.1. The van der Waals surface area contributed by atoms with Gasteiger partial charge in [0.25, 0.3) is 0 Å². The molecule has 1 heteroatoms. The molecular formula is C21H24O. The van der Waals surface area contributed by atoms with Gasteiger partial charge in [-0.25, -0.2) is 0 Å². The number of hydrogen-bond acceptors (Lipinski definition) is 1. The molecule has 0 N–H and O–H groups in total. The molecule has 22 heavy (non-hydrogen) atoms. The molecule has 0 heterocycles. The number of rotatable bonds is 7. The minimum Gasteiger partial charge on any atom is -0.465 e. The third-order valence-corrected chi connectivity index (χ3v) is 3.44. The number of aryl methyl sites for hydroxylation is 1. The summed E-state index contributed by atoms with van der Waals surface area (Å²) in [6.45, 7) is 4.28. The van der Waals surface area contributed by atoms with Crippen LogP contribution in [0.3, 0.4) is 0 Å². The average molecular weight is 292 g/mol. The average Bonchev–Trinajstić information content (AvgIpc) is 2.55. The van der Waals surface area contributed by atoms with Crippen LogP contribution in [0.4, 0.5) is 0 Å². The van der Waals surface area contributed by atoms with Crippen LogP contribution in [0.2, 0.25) is 0 Å². The van der Waals surface area contributed by atoms with Gasteiger partial charge in [-0.05, 0) is 48.6 Å². The van der Waals surface area contributed by atoms with Crippen molar-refractivity contribution < 1.29 is 4.74 Å². The van der Waals surface area contributed by atoms with E-state index in [0.717, 1.165) is 12.2 Å². The molecule has 0 saturated heterocycles. The van der Waals surface area contributed by atoms with Gasteiger partial charge in [0.05, 0.1) is 6.26 Å². The van der Waals surface area contributed by atoms with Gasteiger partial charge in [0.15, 0.2) is 0 Å². The number of hydrogen-bond donors (Lipinski definition) is 0. The van der Waals surface area contributed by atoms with Crippen molar-refractivity contribution in [1.29, 1.82) is 0 Å². The first-order chi connectivity index (χ1) is 10.8. The van der Waals surface area contributed by atoms with E-state index in [1.165, 1.54) is 29.5 Å². The largest absolute Gasteiger partial charge is 0.465 e. The predicted octanol–water partition coefficient (Wildman–Crippen LogP) is 6.16.